The molecule has 3 aromatic heterocycles. The Morgan fingerprint density at radius 3 is 2.92 bits per heavy atom. The van der Waals surface area contributed by atoms with Crippen molar-refractivity contribution in [3.63, 3.8) is 0 Å². The van der Waals surface area contributed by atoms with Gasteiger partial charge >= 0.3 is 5.97 Å². The van der Waals surface area contributed by atoms with Crippen LogP contribution in [0, 0.1) is 0 Å². The van der Waals surface area contributed by atoms with E-state index in [2.05, 4.69) is 35.2 Å². The number of aromatic nitrogens is 7. The number of carboxylic acid groups (broad SMARTS) is 1. The number of H-pyrrole nitrogens is 1. The van der Waals surface area contributed by atoms with E-state index < -0.39 is 5.97 Å². The third kappa shape index (κ3) is 2.67. The summed E-state index contributed by atoms with van der Waals surface area (Å²) < 4.78 is 5.74. The Balaban J connectivity index is 1.68. The molecule has 0 aliphatic carbocycles. The molecule has 4 N–H and O–H groups in total. The normalized spacial score (nSPS) is 11.2. The van der Waals surface area contributed by atoms with Crippen molar-refractivity contribution in [1.29, 1.82) is 0 Å². The number of imidazole rings is 1. The average molecular weight is 358 g/mol. The quantitative estimate of drug-likeness (QED) is 0.440. The molecule has 0 fully saturated rings. The number of carboxylic acids is 1. The van der Waals surface area contributed by atoms with Crippen LogP contribution in [-0.4, -0.2) is 46.4 Å². The highest BCUT2D eigenvalue weighted by molar-refractivity contribution is 7.98. The van der Waals surface area contributed by atoms with Gasteiger partial charge in [-0.3, -0.25) is 0 Å². The van der Waals surface area contributed by atoms with Gasteiger partial charge in [-0.25, -0.2) is 14.4 Å². The van der Waals surface area contributed by atoms with E-state index in [0.717, 1.165) is 11.0 Å². The number of carbonyl (C=O) groups is 1. The minimum atomic E-state index is -1.21. The number of nitrogen functional groups attached to an aromatic ring is 1. The summed E-state index contributed by atoms with van der Waals surface area (Å²) >= 11 is 1.30. The minimum absolute atomic E-state index is 0.0168. The van der Waals surface area contributed by atoms with Crippen LogP contribution in [0.1, 0.15) is 16.2 Å². The summed E-state index contributed by atoms with van der Waals surface area (Å²) in [7, 11) is 0. The molecule has 0 saturated heterocycles. The molecule has 11 nitrogen and oxygen atoms in total. The van der Waals surface area contributed by atoms with Gasteiger partial charge in [-0.1, -0.05) is 29.1 Å². The van der Waals surface area contributed by atoms with Crippen LogP contribution in [0.3, 0.4) is 0 Å². The predicted molar refractivity (Wildman–Crippen MR) is 86.2 cm³/mol. The molecule has 12 heteroatoms. The molecule has 0 unspecified atom stereocenters. The number of fused-ring (bicyclic) bond motifs is 1. The van der Waals surface area contributed by atoms with Gasteiger partial charge in [0.05, 0.1) is 16.7 Å². The molecule has 0 bridgehead atoms. The van der Waals surface area contributed by atoms with Gasteiger partial charge < -0.3 is 15.8 Å². The van der Waals surface area contributed by atoms with Gasteiger partial charge in [0.2, 0.25) is 11.6 Å². The maximum atomic E-state index is 11.4. The van der Waals surface area contributed by atoms with Crippen molar-refractivity contribution >= 4 is 34.6 Å². The Labute approximate surface area is 143 Å². The molecule has 4 aromatic rings. The summed E-state index contributed by atoms with van der Waals surface area (Å²) in [5.41, 5.74) is 7.45. The number of nitrogens with two attached hydrogens (primary N) is 1. The zero-order chi connectivity index (χ0) is 17.4. The molecule has 0 amide bonds. The van der Waals surface area contributed by atoms with Crippen molar-refractivity contribution < 1.29 is 14.5 Å². The van der Waals surface area contributed by atoms with Gasteiger partial charge in [-0.2, -0.15) is 4.68 Å². The standard InChI is InChI=1S/C13H10N8O3S/c14-10-11(19-24-18-10)21-8(9(12(22)23)17-20-21)5-25-13-15-6-3-1-2-4-7(6)16-13/h1-4H,5H2,(H2,14,18)(H,15,16)(H,22,23). The van der Waals surface area contributed by atoms with Gasteiger partial charge in [-0.05, 0) is 22.4 Å². The summed E-state index contributed by atoms with van der Waals surface area (Å²) in [6, 6.07) is 7.57. The maximum absolute atomic E-state index is 11.4. The monoisotopic (exact) mass is 358 g/mol. The van der Waals surface area contributed by atoms with Gasteiger partial charge in [0, 0.05) is 5.75 Å². The number of hydrogen-bond acceptors (Lipinski definition) is 9. The van der Waals surface area contributed by atoms with Crippen LogP contribution in [0.2, 0.25) is 0 Å². The molecule has 0 aliphatic rings. The van der Waals surface area contributed by atoms with E-state index >= 15 is 0 Å². The lowest BCUT2D eigenvalue weighted by atomic mass is 10.3. The zero-order valence-electron chi connectivity index (χ0n) is 12.4. The molecule has 0 radical (unpaired) electrons. The Morgan fingerprint density at radius 1 is 1.36 bits per heavy atom. The summed E-state index contributed by atoms with van der Waals surface area (Å²) in [6.07, 6.45) is 0. The lowest BCUT2D eigenvalue weighted by Crippen LogP contribution is -2.08. The molecule has 0 atom stereocenters. The second-order valence-electron chi connectivity index (χ2n) is 4.92. The van der Waals surface area contributed by atoms with E-state index in [-0.39, 0.29) is 23.1 Å². The number of benzene rings is 1. The summed E-state index contributed by atoms with van der Waals surface area (Å²) in [5.74, 6) is -0.917. The number of para-hydroxylation sites is 2. The van der Waals surface area contributed by atoms with Crippen LogP contribution in [-0.2, 0) is 5.75 Å². The number of hydrogen-bond donors (Lipinski definition) is 3. The molecule has 4 rings (SSSR count). The number of thioether (sulfide) groups is 1. The first kappa shape index (κ1) is 15.1. The van der Waals surface area contributed by atoms with E-state index in [1.807, 2.05) is 24.3 Å². The zero-order valence-corrected chi connectivity index (χ0v) is 13.3. The fraction of sp³-hybridized carbons (Fsp3) is 0.0769. The highest BCUT2D eigenvalue weighted by Gasteiger charge is 2.23. The SMILES string of the molecule is Nc1nonc1-n1nnc(C(=O)O)c1CSc1nc2ccccc2[nH]1. The maximum Gasteiger partial charge on any atom is 0.358 e. The molecule has 0 aliphatic heterocycles. The predicted octanol–water partition coefficient (Wildman–Crippen LogP) is 1.10. The molecule has 3 heterocycles. The molecule has 1 aromatic carbocycles. The highest BCUT2D eigenvalue weighted by Crippen LogP contribution is 2.26. The van der Waals surface area contributed by atoms with Crippen molar-refractivity contribution in [3.8, 4) is 5.82 Å². The van der Waals surface area contributed by atoms with E-state index in [0.29, 0.717) is 10.9 Å². The molecular formula is C13H10N8O3S. The average Bonchev–Trinajstić information content (AvgIpc) is 3.29. The minimum Gasteiger partial charge on any atom is -0.476 e. The molecule has 126 valence electrons. The molecule has 0 spiro atoms. The van der Waals surface area contributed by atoms with Crippen LogP contribution in [0.15, 0.2) is 34.1 Å². The van der Waals surface area contributed by atoms with Crippen molar-refractivity contribution in [3.05, 3.63) is 35.7 Å². The lowest BCUT2D eigenvalue weighted by molar-refractivity contribution is 0.0689. The Bertz CT molecular complexity index is 1040. The van der Waals surface area contributed by atoms with Gasteiger partial charge in [0.15, 0.2) is 10.9 Å². The fourth-order valence-electron chi connectivity index (χ4n) is 2.24. The van der Waals surface area contributed by atoms with Crippen molar-refractivity contribution in [2.75, 3.05) is 5.73 Å². The van der Waals surface area contributed by atoms with Crippen LogP contribution in [0.5, 0.6) is 0 Å². The van der Waals surface area contributed by atoms with Gasteiger partial charge in [0.1, 0.15) is 0 Å². The van der Waals surface area contributed by atoms with Crippen LogP contribution in [0.4, 0.5) is 5.82 Å². The molecule has 0 saturated carbocycles. The second-order valence-corrected chi connectivity index (χ2v) is 5.89. The highest BCUT2D eigenvalue weighted by atomic mass is 32.2. The lowest BCUT2D eigenvalue weighted by Gasteiger charge is -2.02. The van der Waals surface area contributed by atoms with E-state index in [1.165, 1.54) is 16.4 Å². The number of anilines is 1. The first-order valence-electron chi connectivity index (χ1n) is 6.97. The Morgan fingerprint density at radius 2 is 2.20 bits per heavy atom. The van der Waals surface area contributed by atoms with Crippen LogP contribution in [0.25, 0.3) is 16.9 Å². The third-order valence-electron chi connectivity index (χ3n) is 3.38. The van der Waals surface area contributed by atoms with Crippen LogP contribution >= 0.6 is 11.8 Å². The van der Waals surface area contributed by atoms with E-state index in [1.54, 1.807) is 0 Å². The number of nitrogens with zero attached hydrogens (tertiary/aromatic N) is 6. The number of aromatic amines is 1. The smallest absolute Gasteiger partial charge is 0.358 e. The van der Waals surface area contributed by atoms with Gasteiger partial charge in [-0.15, -0.1) is 5.10 Å². The Kier molecular flexibility index (Phi) is 3.57. The summed E-state index contributed by atoms with van der Waals surface area (Å²) in [4.78, 5) is 19.0. The summed E-state index contributed by atoms with van der Waals surface area (Å²) in [6.45, 7) is 0. The Hall–Kier alpha value is -3.41. The van der Waals surface area contributed by atoms with Crippen molar-refractivity contribution in [2.45, 2.75) is 10.9 Å². The second kappa shape index (κ2) is 5.90. The van der Waals surface area contributed by atoms with Crippen molar-refractivity contribution in [2.24, 2.45) is 0 Å². The number of rotatable bonds is 5. The first-order chi connectivity index (χ1) is 12.1. The van der Waals surface area contributed by atoms with Gasteiger partial charge in [0.25, 0.3) is 0 Å². The molecule has 25 heavy (non-hydrogen) atoms. The molecular weight excluding hydrogens is 348 g/mol. The fourth-order valence-corrected chi connectivity index (χ4v) is 3.12. The van der Waals surface area contributed by atoms with Crippen molar-refractivity contribution in [1.82, 2.24) is 35.3 Å². The third-order valence-corrected chi connectivity index (χ3v) is 4.26. The van der Waals surface area contributed by atoms with Crippen LogP contribution < -0.4 is 5.73 Å². The number of nitrogens with one attached hydrogen (secondary N) is 1. The largest absolute Gasteiger partial charge is 0.476 e. The topological polar surface area (TPSA) is 162 Å². The number of aromatic carboxylic acids is 1. The summed E-state index contributed by atoms with van der Waals surface area (Å²) in [5, 5.41) is 24.5. The van der Waals surface area contributed by atoms with E-state index in [9.17, 15) is 9.90 Å². The first-order valence-corrected chi connectivity index (χ1v) is 7.96. The van der Waals surface area contributed by atoms with E-state index in [4.69, 9.17) is 5.73 Å².